The fourth-order valence-corrected chi connectivity index (χ4v) is 12.9. The molecule has 3 aliphatic heterocycles. The fourth-order valence-electron chi connectivity index (χ4n) is 8.27. The number of sulfone groups is 1. The molecular formula is C34H34F3N7O4S3. The monoisotopic (exact) mass is 757 g/mol. The van der Waals surface area contributed by atoms with Crippen LogP contribution < -0.4 is 14.9 Å². The van der Waals surface area contributed by atoms with Crippen LogP contribution in [0.2, 0.25) is 0 Å². The zero-order chi connectivity index (χ0) is 35.2. The molecule has 2 aliphatic carbocycles. The lowest BCUT2D eigenvalue weighted by molar-refractivity contribution is 0.101. The van der Waals surface area contributed by atoms with Crippen molar-refractivity contribution < 1.29 is 30.0 Å². The third kappa shape index (κ3) is 5.85. The number of aromatic nitrogens is 3. The van der Waals surface area contributed by atoms with Crippen LogP contribution in [0.15, 0.2) is 53.6 Å². The van der Waals surface area contributed by atoms with Crippen molar-refractivity contribution in [2.24, 2.45) is 11.8 Å². The number of benzene rings is 2. The van der Waals surface area contributed by atoms with Gasteiger partial charge in [-0.05, 0) is 67.9 Å². The van der Waals surface area contributed by atoms with Crippen molar-refractivity contribution in [3.05, 3.63) is 66.1 Å². The highest BCUT2D eigenvalue weighted by atomic mass is 32.2. The molecule has 2 unspecified atom stereocenters. The van der Waals surface area contributed by atoms with Gasteiger partial charge in [-0.25, -0.2) is 45.0 Å². The number of halogens is 3. The lowest BCUT2D eigenvalue weighted by Crippen LogP contribution is -2.57. The van der Waals surface area contributed by atoms with Crippen molar-refractivity contribution in [2.75, 3.05) is 39.5 Å². The Bertz CT molecular complexity index is 2220. The Hall–Kier alpha value is -3.80. The molecule has 268 valence electrons. The van der Waals surface area contributed by atoms with Gasteiger partial charge in [0.15, 0.2) is 25.7 Å². The first-order valence-electron chi connectivity index (χ1n) is 17.0. The molecular weight excluding hydrogens is 724 g/mol. The number of likely N-dealkylation sites (tertiary alicyclic amines) is 1. The van der Waals surface area contributed by atoms with E-state index in [2.05, 4.69) is 20.1 Å². The smallest absolute Gasteiger partial charge is 0.267 e. The van der Waals surface area contributed by atoms with E-state index in [9.17, 15) is 25.6 Å². The van der Waals surface area contributed by atoms with Crippen molar-refractivity contribution >= 4 is 48.0 Å². The highest BCUT2D eigenvalue weighted by Crippen LogP contribution is 2.49. The Kier molecular flexibility index (Phi) is 7.87. The minimum absolute atomic E-state index is 0.0142. The number of hydrogen-bond donors (Lipinski definition) is 2. The maximum atomic E-state index is 16.5. The molecule has 9 rings (SSSR count). The number of piperazine rings is 1. The van der Waals surface area contributed by atoms with Crippen molar-refractivity contribution in [1.29, 1.82) is 0 Å². The van der Waals surface area contributed by atoms with Crippen LogP contribution in [0.3, 0.4) is 0 Å². The molecule has 2 saturated carbocycles. The molecule has 5 aliphatic rings. The third-order valence-electron chi connectivity index (χ3n) is 11.0. The quantitative estimate of drug-likeness (QED) is 0.236. The molecule has 0 radical (unpaired) electrons. The number of thiazole rings is 1. The van der Waals surface area contributed by atoms with Crippen LogP contribution in [-0.4, -0.2) is 85.5 Å². The van der Waals surface area contributed by atoms with Crippen molar-refractivity contribution in [1.82, 2.24) is 19.9 Å². The van der Waals surface area contributed by atoms with Gasteiger partial charge in [-0.3, -0.25) is 9.62 Å². The van der Waals surface area contributed by atoms with Gasteiger partial charge in [-0.2, -0.15) is 0 Å². The first kappa shape index (κ1) is 33.1. The molecule has 0 spiro atoms. The second-order valence-electron chi connectivity index (χ2n) is 14.2. The summed E-state index contributed by atoms with van der Waals surface area (Å²) < 4.78 is 97.7. The van der Waals surface area contributed by atoms with E-state index in [-0.39, 0.29) is 52.7 Å². The molecule has 51 heavy (non-hydrogen) atoms. The SMILES string of the molecule is O=S1(=O)C[C@@H]2[C@H](C1)[C@H]2Nc1nccc(-c2sc(N3C4CCC3CN(C3CCC3)C4)nc2-c2cccc(NS(=O)(=O)c3c(F)cccc3F)c2F)n1. The Morgan fingerprint density at radius 2 is 1.55 bits per heavy atom. The molecule has 3 saturated heterocycles. The molecule has 2 aromatic heterocycles. The van der Waals surface area contributed by atoms with E-state index < -0.39 is 47.9 Å². The van der Waals surface area contributed by atoms with Crippen LogP contribution in [0.25, 0.3) is 21.8 Å². The number of nitrogens with one attached hydrogen (secondary N) is 2. The molecule has 2 N–H and O–H groups in total. The summed E-state index contributed by atoms with van der Waals surface area (Å²) in [7, 11) is -7.88. The fraction of sp³-hybridized carbons (Fsp3) is 0.441. The van der Waals surface area contributed by atoms with E-state index in [1.165, 1.54) is 48.8 Å². The summed E-state index contributed by atoms with van der Waals surface area (Å²) in [5, 5.41) is 3.99. The zero-order valence-corrected chi connectivity index (χ0v) is 29.6. The summed E-state index contributed by atoms with van der Waals surface area (Å²) in [5.41, 5.74) is 0.191. The van der Waals surface area contributed by atoms with E-state index in [0.717, 1.165) is 44.1 Å². The van der Waals surface area contributed by atoms with Crippen molar-refractivity contribution in [2.45, 2.75) is 61.2 Å². The van der Waals surface area contributed by atoms with Crippen LogP contribution >= 0.6 is 11.3 Å². The molecule has 5 heterocycles. The molecule has 4 aromatic rings. The number of sulfonamides is 1. The van der Waals surface area contributed by atoms with Crippen LogP contribution in [0, 0.1) is 29.3 Å². The minimum Gasteiger partial charge on any atom is -0.351 e. The highest BCUT2D eigenvalue weighted by Gasteiger charge is 2.59. The summed E-state index contributed by atoms with van der Waals surface area (Å²) in [6, 6.07) is 9.52. The summed E-state index contributed by atoms with van der Waals surface area (Å²) in [6.07, 6.45) is 7.29. The third-order valence-corrected chi connectivity index (χ3v) is 15.3. The van der Waals surface area contributed by atoms with E-state index in [1.807, 2.05) is 4.72 Å². The first-order chi connectivity index (χ1) is 24.5. The Balaban J connectivity index is 1.08. The summed E-state index contributed by atoms with van der Waals surface area (Å²) in [6.45, 7) is 1.84. The van der Waals surface area contributed by atoms with Gasteiger partial charge in [0.05, 0.1) is 33.5 Å². The molecule has 2 aromatic carbocycles. The van der Waals surface area contributed by atoms with Gasteiger partial charge >= 0.3 is 0 Å². The number of hydrogen-bond acceptors (Lipinski definition) is 11. The molecule has 5 fully saturated rings. The second kappa shape index (κ2) is 12.1. The number of fused-ring (bicyclic) bond motifs is 3. The van der Waals surface area contributed by atoms with Gasteiger partial charge < -0.3 is 10.2 Å². The lowest BCUT2D eigenvalue weighted by atomic mass is 9.90. The molecule has 0 amide bonds. The molecule has 11 nitrogen and oxygen atoms in total. The van der Waals surface area contributed by atoms with Gasteiger partial charge in [0, 0.05) is 49.0 Å². The van der Waals surface area contributed by atoms with E-state index in [0.29, 0.717) is 27.7 Å². The van der Waals surface area contributed by atoms with Gasteiger partial charge in [0.25, 0.3) is 10.0 Å². The Morgan fingerprint density at radius 1 is 0.863 bits per heavy atom. The number of rotatable bonds is 9. The van der Waals surface area contributed by atoms with Crippen LogP contribution in [0.1, 0.15) is 32.1 Å². The van der Waals surface area contributed by atoms with Gasteiger partial charge in [-0.1, -0.05) is 29.9 Å². The Labute approximate surface area is 297 Å². The average Bonchev–Trinajstić information content (AvgIpc) is 3.35. The summed E-state index contributed by atoms with van der Waals surface area (Å²) >= 11 is 1.37. The van der Waals surface area contributed by atoms with E-state index in [4.69, 9.17) is 9.97 Å². The molecule has 17 heteroatoms. The van der Waals surface area contributed by atoms with Gasteiger partial charge in [0.1, 0.15) is 11.6 Å². The predicted molar refractivity (Wildman–Crippen MR) is 187 cm³/mol. The number of anilines is 3. The van der Waals surface area contributed by atoms with E-state index >= 15 is 4.39 Å². The maximum absolute atomic E-state index is 16.5. The summed E-state index contributed by atoms with van der Waals surface area (Å²) in [5.74, 6) is -2.96. The van der Waals surface area contributed by atoms with Gasteiger partial charge in [-0.15, -0.1) is 0 Å². The lowest BCUT2D eigenvalue weighted by Gasteiger charge is -2.46. The highest BCUT2D eigenvalue weighted by molar-refractivity contribution is 7.92. The average molecular weight is 758 g/mol. The first-order valence-corrected chi connectivity index (χ1v) is 21.2. The molecule has 2 bridgehead atoms. The largest absolute Gasteiger partial charge is 0.351 e. The number of nitrogens with zero attached hydrogens (tertiary/aromatic N) is 5. The Morgan fingerprint density at radius 3 is 2.22 bits per heavy atom. The van der Waals surface area contributed by atoms with Crippen molar-refractivity contribution in [3.63, 3.8) is 0 Å². The summed E-state index contributed by atoms with van der Waals surface area (Å²) in [4.78, 5) is 18.4. The normalized spacial score (nSPS) is 26.9. The van der Waals surface area contributed by atoms with Crippen LogP contribution in [-0.2, 0) is 19.9 Å². The van der Waals surface area contributed by atoms with Gasteiger partial charge in [0.2, 0.25) is 5.95 Å². The van der Waals surface area contributed by atoms with E-state index in [1.54, 1.807) is 12.3 Å². The van der Waals surface area contributed by atoms with Crippen LogP contribution in [0.5, 0.6) is 0 Å². The minimum atomic E-state index is -4.85. The van der Waals surface area contributed by atoms with Crippen molar-refractivity contribution in [3.8, 4) is 21.8 Å². The standard InChI is InChI=1S/C34H34F3N7O4S3/c35-24-7-3-8-25(36)32(24)51(47,48)42-26-9-2-6-21(28(26)37)30-31(27-12-13-38-33(39-27)40-29-22-16-50(45,46)17-23(22)29)49-34(41-30)44-19-10-11-20(44)15-43(14-19)18-4-1-5-18/h2-3,6-9,12-13,18-20,22-23,29,42H,1,4-5,10-11,14-17H2,(H,38,39,40)/t19?,20?,22-,23+,29+. The maximum Gasteiger partial charge on any atom is 0.267 e. The second-order valence-corrected chi connectivity index (χ2v) is 18.9. The molecule has 5 atom stereocenters. The zero-order valence-electron chi connectivity index (χ0n) is 27.2. The van der Waals surface area contributed by atoms with Crippen LogP contribution in [0.4, 0.5) is 29.9 Å². The topological polar surface area (TPSA) is 137 Å². The predicted octanol–water partition coefficient (Wildman–Crippen LogP) is 5.15.